The number of hydrazine groups is 1. The van der Waals surface area contributed by atoms with Crippen LogP contribution in [0.15, 0.2) is 18.2 Å². The molecule has 1 heterocycles. The van der Waals surface area contributed by atoms with Crippen LogP contribution in [0.1, 0.15) is 56.7 Å². The highest BCUT2D eigenvalue weighted by molar-refractivity contribution is 5.40. The van der Waals surface area contributed by atoms with Gasteiger partial charge in [0.25, 0.3) is 0 Å². The summed E-state index contributed by atoms with van der Waals surface area (Å²) in [7, 11) is 0. The molecule has 0 amide bonds. The normalized spacial score (nSPS) is 15.4. The lowest BCUT2D eigenvalue weighted by Crippen LogP contribution is -2.33. The molecule has 1 aliphatic heterocycles. The third-order valence-electron chi connectivity index (χ3n) is 4.04. The van der Waals surface area contributed by atoms with Gasteiger partial charge >= 0.3 is 0 Å². The zero-order valence-electron chi connectivity index (χ0n) is 12.1. The molecule has 3 nitrogen and oxygen atoms in total. The van der Waals surface area contributed by atoms with Crippen LogP contribution < -0.4 is 16.0 Å². The van der Waals surface area contributed by atoms with Gasteiger partial charge in [0.05, 0.1) is 6.61 Å². The first-order chi connectivity index (χ1) is 9.30. The van der Waals surface area contributed by atoms with Crippen molar-refractivity contribution in [3.05, 3.63) is 29.3 Å². The largest absolute Gasteiger partial charge is 0.493 e. The molecule has 19 heavy (non-hydrogen) atoms. The number of hydrogen-bond donors (Lipinski definition) is 2. The summed E-state index contributed by atoms with van der Waals surface area (Å²) in [6.07, 6.45) is 5.87. The van der Waals surface area contributed by atoms with Gasteiger partial charge < -0.3 is 4.74 Å². The van der Waals surface area contributed by atoms with Crippen LogP contribution in [0.5, 0.6) is 5.75 Å². The third-order valence-corrected chi connectivity index (χ3v) is 4.04. The van der Waals surface area contributed by atoms with Crippen molar-refractivity contribution < 1.29 is 4.74 Å². The Kier molecular flexibility index (Phi) is 5.23. The van der Waals surface area contributed by atoms with Crippen molar-refractivity contribution in [3.8, 4) is 5.75 Å². The smallest absolute Gasteiger partial charge is 0.122 e. The number of hydrogen-bond acceptors (Lipinski definition) is 3. The molecule has 0 saturated heterocycles. The van der Waals surface area contributed by atoms with E-state index >= 15 is 0 Å². The van der Waals surface area contributed by atoms with Gasteiger partial charge in [-0.3, -0.25) is 11.3 Å². The third kappa shape index (κ3) is 3.28. The Labute approximate surface area is 116 Å². The van der Waals surface area contributed by atoms with Gasteiger partial charge in [-0.05, 0) is 36.0 Å². The summed E-state index contributed by atoms with van der Waals surface area (Å²) in [6.45, 7) is 5.30. The van der Waals surface area contributed by atoms with Crippen molar-refractivity contribution >= 4 is 0 Å². The molecule has 1 aromatic carbocycles. The molecule has 0 saturated carbocycles. The minimum atomic E-state index is 0.255. The van der Waals surface area contributed by atoms with Gasteiger partial charge in [-0.25, -0.2) is 0 Å². The molecule has 0 aromatic heterocycles. The minimum absolute atomic E-state index is 0.255. The van der Waals surface area contributed by atoms with Gasteiger partial charge in [-0.2, -0.15) is 0 Å². The zero-order valence-corrected chi connectivity index (χ0v) is 12.1. The standard InChI is InChI=1S/C16H26N2O/c1-3-5-12(6-4-2)16(18-17)14-7-8-15-13(11-14)9-10-19-15/h7-8,11-12,16,18H,3-6,9-10,17H2,1-2H3. The zero-order chi connectivity index (χ0) is 13.7. The van der Waals surface area contributed by atoms with Crippen molar-refractivity contribution in [2.45, 2.75) is 52.0 Å². The molecule has 0 radical (unpaired) electrons. The van der Waals surface area contributed by atoms with E-state index in [0.717, 1.165) is 18.8 Å². The van der Waals surface area contributed by atoms with Gasteiger partial charge in [-0.1, -0.05) is 38.8 Å². The second kappa shape index (κ2) is 6.92. The monoisotopic (exact) mass is 262 g/mol. The van der Waals surface area contributed by atoms with E-state index in [2.05, 4.69) is 37.5 Å². The molecule has 1 aromatic rings. The Morgan fingerprint density at radius 2 is 2.00 bits per heavy atom. The number of nitrogens with two attached hydrogens (primary N) is 1. The SMILES string of the molecule is CCCC(CCC)C(NN)c1ccc2c(c1)CCO2. The van der Waals surface area contributed by atoms with Crippen LogP contribution in [-0.2, 0) is 6.42 Å². The second-order valence-electron chi connectivity index (χ2n) is 5.45. The first-order valence-electron chi connectivity index (χ1n) is 7.51. The Balaban J connectivity index is 2.19. The highest BCUT2D eigenvalue weighted by Gasteiger charge is 2.22. The molecule has 3 N–H and O–H groups in total. The second-order valence-corrected chi connectivity index (χ2v) is 5.45. The van der Waals surface area contributed by atoms with Gasteiger partial charge in [-0.15, -0.1) is 0 Å². The molecule has 106 valence electrons. The maximum absolute atomic E-state index is 5.83. The van der Waals surface area contributed by atoms with Crippen molar-refractivity contribution in [3.63, 3.8) is 0 Å². The number of ether oxygens (including phenoxy) is 1. The lowest BCUT2D eigenvalue weighted by molar-refractivity contribution is 0.319. The minimum Gasteiger partial charge on any atom is -0.493 e. The fourth-order valence-electron chi connectivity index (χ4n) is 3.12. The van der Waals surface area contributed by atoms with Crippen molar-refractivity contribution in [1.82, 2.24) is 5.43 Å². The molecule has 2 rings (SSSR count). The number of benzene rings is 1. The maximum atomic E-state index is 5.83. The summed E-state index contributed by atoms with van der Waals surface area (Å²) in [6, 6.07) is 6.78. The highest BCUT2D eigenvalue weighted by Crippen LogP contribution is 2.33. The maximum Gasteiger partial charge on any atom is 0.122 e. The fraction of sp³-hybridized carbons (Fsp3) is 0.625. The molecule has 0 bridgehead atoms. The number of rotatable bonds is 7. The van der Waals surface area contributed by atoms with E-state index in [9.17, 15) is 0 Å². The van der Waals surface area contributed by atoms with Gasteiger partial charge in [0.15, 0.2) is 0 Å². The van der Waals surface area contributed by atoms with Crippen LogP contribution in [0.2, 0.25) is 0 Å². The molecular formula is C16H26N2O. The van der Waals surface area contributed by atoms with Crippen LogP contribution in [0, 0.1) is 5.92 Å². The van der Waals surface area contributed by atoms with Crippen LogP contribution in [0.3, 0.4) is 0 Å². The Morgan fingerprint density at radius 1 is 1.26 bits per heavy atom. The van der Waals surface area contributed by atoms with E-state index in [1.165, 1.54) is 36.8 Å². The summed E-state index contributed by atoms with van der Waals surface area (Å²) >= 11 is 0. The van der Waals surface area contributed by atoms with E-state index in [-0.39, 0.29) is 6.04 Å². The van der Waals surface area contributed by atoms with E-state index in [4.69, 9.17) is 10.6 Å². The summed E-state index contributed by atoms with van der Waals surface area (Å²) in [5, 5.41) is 0. The molecule has 1 atom stereocenters. The van der Waals surface area contributed by atoms with Crippen molar-refractivity contribution in [1.29, 1.82) is 0 Å². The Hall–Kier alpha value is -1.06. The average Bonchev–Trinajstić information content (AvgIpc) is 2.87. The van der Waals surface area contributed by atoms with E-state index < -0.39 is 0 Å². The molecular weight excluding hydrogens is 236 g/mol. The summed E-state index contributed by atoms with van der Waals surface area (Å²) in [4.78, 5) is 0. The van der Waals surface area contributed by atoms with Crippen molar-refractivity contribution in [2.24, 2.45) is 11.8 Å². The Morgan fingerprint density at radius 3 is 2.63 bits per heavy atom. The first kappa shape index (κ1) is 14.4. The van der Waals surface area contributed by atoms with Crippen molar-refractivity contribution in [2.75, 3.05) is 6.61 Å². The topological polar surface area (TPSA) is 47.3 Å². The molecule has 1 aliphatic rings. The van der Waals surface area contributed by atoms with Gasteiger partial charge in [0.2, 0.25) is 0 Å². The predicted molar refractivity (Wildman–Crippen MR) is 79.0 cm³/mol. The fourth-order valence-corrected chi connectivity index (χ4v) is 3.12. The van der Waals surface area contributed by atoms with E-state index in [0.29, 0.717) is 5.92 Å². The highest BCUT2D eigenvalue weighted by atomic mass is 16.5. The molecule has 3 heteroatoms. The van der Waals surface area contributed by atoms with Gasteiger partial charge in [0.1, 0.15) is 5.75 Å². The molecule has 1 unspecified atom stereocenters. The molecule has 0 fully saturated rings. The number of fused-ring (bicyclic) bond motifs is 1. The molecule has 0 spiro atoms. The van der Waals surface area contributed by atoms with Crippen LogP contribution >= 0.6 is 0 Å². The number of nitrogens with one attached hydrogen (secondary N) is 1. The summed E-state index contributed by atoms with van der Waals surface area (Å²) in [5.41, 5.74) is 5.67. The average molecular weight is 262 g/mol. The Bertz CT molecular complexity index is 400. The quantitative estimate of drug-likeness (QED) is 0.585. The lowest BCUT2D eigenvalue weighted by atomic mass is 9.86. The first-order valence-corrected chi connectivity index (χ1v) is 7.51. The lowest BCUT2D eigenvalue weighted by Gasteiger charge is -2.27. The van der Waals surface area contributed by atoms with E-state index in [1.54, 1.807) is 0 Å². The van der Waals surface area contributed by atoms with E-state index in [1.807, 2.05) is 0 Å². The van der Waals surface area contributed by atoms with Crippen LogP contribution in [-0.4, -0.2) is 6.61 Å². The van der Waals surface area contributed by atoms with Gasteiger partial charge in [0, 0.05) is 12.5 Å². The summed E-state index contributed by atoms with van der Waals surface area (Å²) in [5.74, 6) is 7.49. The molecule has 0 aliphatic carbocycles. The summed E-state index contributed by atoms with van der Waals surface area (Å²) < 4.78 is 5.57. The predicted octanol–water partition coefficient (Wildman–Crippen LogP) is 3.34. The van der Waals surface area contributed by atoms with Crippen LogP contribution in [0.4, 0.5) is 0 Å². The van der Waals surface area contributed by atoms with Crippen LogP contribution in [0.25, 0.3) is 0 Å².